The predicted molar refractivity (Wildman–Crippen MR) is 113 cm³/mol. The Balaban J connectivity index is 1.89. The molecule has 0 N–H and O–H groups in total. The Morgan fingerprint density at radius 3 is 2.70 bits per heavy atom. The molecule has 152 valence electrons. The zero-order valence-electron chi connectivity index (χ0n) is 16.6. The van der Waals surface area contributed by atoms with Gasteiger partial charge in [0.25, 0.3) is 5.95 Å². The molecular formula is C23H18ClFN2O3. The number of pyridine rings is 2. The van der Waals surface area contributed by atoms with E-state index in [0.29, 0.717) is 33.4 Å². The lowest BCUT2D eigenvalue weighted by Gasteiger charge is -2.18. The van der Waals surface area contributed by atoms with Crippen molar-refractivity contribution in [1.82, 2.24) is 9.97 Å². The number of hydrogen-bond donors (Lipinski definition) is 0. The highest BCUT2D eigenvalue weighted by Crippen LogP contribution is 2.33. The van der Waals surface area contributed by atoms with E-state index in [0.717, 1.165) is 5.56 Å². The van der Waals surface area contributed by atoms with Crippen LogP contribution >= 0.6 is 11.6 Å². The standard InChI is InChI=1S/C23H18ClFN2O3/c1-12-9-16(14(3)29-18-6-7-19(24)27-23(18)25)22-17(10-12)20(28)13(2)21(30-22)15-5-4-8-26-11-15/h4-11,14H,1-3H3/t14-/m1/s1. The molecular weight excluding hydrogens is 407 g/mol. The van der Waals surface area contributed by atoms with Gasteiger partial charge >= 0.3 is 0 Å². The van der Waals surface area contributed by atoms with Gasteiger partial charge in [-0.2, -0.15) is 4.39 Å². The Labute approximate surface area is 177 Å². The monoisotopic (exact) mass is 424 g/mol. The summed E-state index contributed by atoms with van der Waals surface area (Å²) in [4.78, 5) is 20.8. The maximum absolute atomic E-state index is 14.1. The van der Waals surface area contributed by atoms with Gasteiger partial charge in [0.05, 0.1) is 5.39 Å². The number of ether oxygens (including phenoxy) is 1. The molecule has 1 aromatic carbocycles. The Morgan fingerprint density at radius 1 is 1.20 bits per heavy atom. The van der Waals surface area contributed by atoms with Crippen LogP contribution in [0.25, 0.3) is 22.3 Å². The minimum absolute atomic E-state index is 0.0380. The predicted octanol–water partition coefficient (Wildman–Crippen LogP) is 5.80. The van der Waals surface area contributed by atoms with Gasteiger partial charge in [-0.15, -0.1) is 0 Å². The lowest BCUT2D eigenvalue weighted by atomic mass is 10.0. The summed E-state index contributed by atoms with van der Waals surface area (Å²) in [5, 5.41) is 0.483. The van der Waals surface area contributed by atoms with Gasteiger partial charge < -0.3 is 9.15 Å². The summed E-state index contributed by atoms with van der Waals surface area (Å²) in [5.41, 5.74) is 2.94. The summed E-state index contributed by atoms with van der Waals surface area (Å²) in [6, 6.07) is 10.1. The van der Waals surface area contributed by atoms with Crippen molar-refractivity contribution in [1.29, 1.82) is 0 Å². The van der Waals surface area contributed by atoms with E-state index in [4.69, 9.17) is 20.8 Å². The molecule has 0 amide bonds. The fourth-order valence-electron chi connectivity index (χ4n) is 3.38. The SMILES string of the molecule is Cc1cc([C@@H](C)Oc2ccc(Cl)nc2F)c2oc(-c3cccnc3)c(C)c(=O)c2c1. The molecule has 3 aromatic heterocycles. The molecule has 0 fully saturated rings. The average molecular weight is 425 g/mol. The minimum Gasteiger partial charge on any atom is -0.481 e. The van der Waals surface area contributed by atoms with Gasteiger partial charge in [0.2, 0.25) is 0 Å². The van der Waals surface area contributed by atoms with Crippen molar-refractivity contribution in [3.63, 3.8) is 0 Å². The Bertz CT molecular complexity index is 1310. The largest absolute Gasteiger partial charge is 0.481 e. The molecule has 3 heterocycles. The second-order valence-corrected chi connectivity index (χ2v) is 7.43. The number of aromatic nitrogens is 2. The third-order valence-electron chi connectivity index (χ3n) is 4.84. The van der Waals surface area contributed by atoms with Gasteiger partial charge in [0.15, 0.2) is 11.2 Å². The van der Waals surface area contributed by atoms with Gasteiger partial charge in [-0.05, 0) is 62.7 Å². The number of fused-ring (bicyclic) bond motifs is 1. The van der Waals surface area contributed by atoms with Crippen LogP contribution in [0.15, 0.2) is 58.0 Å². The highest BCUT2D eigenvalue weighted by molar-refractivity contribution is 6.29. The molecule has 0 aliphatic heterocycles. The maximum atomic E-state index is 14.1. The first-order chi connectivity index (χ1) is 14.3. The first-order valence-electron chi connectivity index (χ1n) is 9.32. The van der Waals surface area contributed by atoms with E-state index in [-0.39, 0.29) is 16.3 Å². The van der Waals surface area contributed by atoms with Crippen molar-refractivity contribution in [2.45, 2.75) is 26.9 Å². The third kappa shape index (κ3) is 3.66. The smallest absolute Gasteiger partial charge is 0.256 e. The van der Waals surface area contributed by atoms with Gasteiger partial charge in [0.1, 0.15) is 22.6 Å². The first-order valence-corrected chi connectivity index (χ1v) is 9.70. The van der Waals surface area contributed by atoms with Crippen molar-refractivity contribution in [3.8, 4) is 17.1 Å². The molecule has 0 unspecified atom stereocenters. The van der Waals surface area contributed by atoms with Crippen LogP contribution in [0.3, 0.4) is 0 Å². The highest BCUT2D eigenvalue weighted by atomic mass is 35.5. The van der Waals surface area contributed by atoms with E-state index >= 15 is 0 Å². The molecule has 4 aromatic rings. The van der Waals surface area contributed by atoms with Gasteiger partial charge in [-0.25, -0.2) is 4.98 Å². The molecule has 4 rings (SSSR count). The van der Waals surface area contributed by atoms with Gasteiger partial charge in [0, 0.05) is 29.1 Å². The molecule has 0 bridgehead atoms. The van der Waals surface area contributed by atoms with E-state index < -0.39 is 12.1 Å². The molecule has 5 nitrogen and oxygen atoms in total. The van der Waals surface area contributed by atoms with Gasteiger partial charge in [-0.1, -0.05) is 11.6 Å². The third-order valence-corrected chi connectivity index (χ3v) is 5.05. The molecule has 0 radical (unpaired) electrons. The summed E-state index contributed by atoms with van der Waals surface area (Å²) in [6.07, 6.45) is 2.68. The van der Waals surface area contributed by atoms with Gasteiger partial charge in [-0.3, -0.25) is 9.78 Å². The highest BCUT2D eigenvalue weighted by Gasteiger charge is 2.21. The maximum Gasteiger partial charge on any atom is 0.256 e. The molecule has 0 aliphatic rings. The van der Waals surface area contributed by atoms with Crippen LogP contribution in [0.4, 0.5) is 4.39 Å². The lowest BCUT2D eigenvalue weighted by molar-refractivity contribution is 0.213. The van der Waals surface area contributed by atoms with E-state index in [2.05, 4.69) is 9.97 Å². The van der Waals surface area contributed by atoms with E-state index in [1.165, 1.54) is 12.1 Å². The Morgan fingerprint density at radius 2 is 2.00 bits per heavy atom. The van der Waals surface area contributed by atoms with Crippen LogP contribution < -0.4 is 10.2 Å². The van der Waals surface area contributed by atoms with E-state index in [1.807, 2.05) is 19.1 Å². The molecule has 7 heteroatoms. The Kier molecular flexibility index (Phi) is 5.26. The molecule has 0 spiro atoms. The second kappa shape index (κ2) is 7.88. The quantitative estimate of drug-likeness (QED) is 0.387. The zero-order valence-corrected chi connectivity index (χ0v) is 17.3. The normalized spacial score (nSPS) is 12.2. The van der Waals surface area contributed by atoms with Crippen LogP contribution in [-0.2, 0) is 0 Å². The fraction of sp³-hybridized carbons (Fsp3) is 0.174. The van der Waals surface area contributed by atoms with Crippen molar-refractivity contribution in [2.75, 3.05) is 0 Å². The number of rotatable bonds is 4. The number of aryl methyl sites for hydroxylation is 1. The molecule has 1 atom stereocenters. The fourth-order valence-corrected chi connectivity index (χ4v) is 3.52. The Hall–Kier alpha value is -3.25. The summed E-state index contributed by atoms with van der Waals surface area (Å²) in [7, 11) is 0. The number of halogens is 2. The molecule has 30 heavy (non-hydrogen) atoms. The van der Waals surface area contributed by atoms with Crippen molar-refractivity contribution >= 4 is 22.6 Å². The topological polar surface area (TPSA) is 65.2 Å². The van der Waals surface area contributed by atoms with Crippen molar-refractivity contribution in [3.05, 3.63) is 86.8 Å². The summed E-state index contributed by atoms with van der Waals surface area (Å²) < 4.78 is 26.1. The van der Waals surface area contributed by atoms with Crippen molar-refractivity contribution in [2.24, 2.45) is 0 Å². The summed E-state index contributed by atoms with van der Waals surface area (Å²) in [5.74, 6) is -0.402. The van der Waals surface area contributed by atoms with E-state index in [1.54, 1.807) is 38.4 Å². The van der Waals surface area contributed by atoms with Crippen molar-refractivity contribution < 1.29 is 13.5 Å². The molecule has 0 saturated heterocycles. The number of benzene rings is 1. The molecule has 0 saturated carbocycles. The van der Waals surface area contributed by atoms with Crippen LogP contribution in [0.2, 0.25) is 5.15 Å². The summed E-state index contributed by atoms with van der Waals surface area (Å²) >= 11 is 5.72. The lowest BCUT2D eigenvalue weighted by Crippen LogP contribution is -2.12. The number of nitrogens with zero attached hydrogens (tertiary/aromatic N) is 2. The molecule has 0 aliphatic carbocycles. The average Bonchev–Trinajstić information content (AvgIpc) is 2.73. The zero-order chi connectivity index (χ0) is 21.4. The van der Waals surface area contributed by atoms with E-state index in [9.17, 15) is 9.18 Å². The van der Waals surface area contributed by atoms with Crippen LogP contribution in [-0.4, -0.2) is 9.97 Å². The van der Waals surface area contributed by atoms with Crippen LogP contribution in [0.1, 0.15) is 29.7 Å². The summed E-state index contributed by atoms with van der Waals surface area (Å²) in [6.45, 7) is 5.36. The number of hydrogen-bond acceptors (Lipinski definition) is 5. The minimum atomic E-state index is -0.806. The van der Waals surface area contributed by atoms with Crippen LogP contribution in [0.5, 0.6) is 5.75 Å². The van der Waals surface area contributed by atoms with Crippen LogP contribution in [0, 0.1) is 19.8 Å². The first kappa shape index (κ1) is 20.0. The second-order valence-electron chi connectivity index (χ2n) is 7.04.